The molecule has 0 saturated carbocycles. The molecule has 0 radical (unpaired) electrons. The lowest BCUT2D eigenvalue weighted by Gasteiger charge is -2.18. The number of benzene rings is 1. The first-order valence-corrected chi connectivity index (χ1v) is 6.70. The van der Waals surface area contributed by atoms with E-state index >= 15 is 0 Å². The SMILES string of the molecule is COCCNCC(=O)N(C)Cc1cc([N+](=O)[O-])ccc1Cl.Cl. The Bertz CT molecular complexity index is 514. The van der Waals surface area contributed by atoms with Gasteiger partial charge in [-0.05, 0) is 11.6 Å². The van der Waals surface area contributed by atoms with E-state index in [1.807, 2.05) is 0 Å². The Balaban J connectivity index is 0.00000441. The van der Waals surface area contributed by atoms with Gasteiger partial charge in [-0.15, -0.1) is 12.4 Å². The van der Waals surface area contributed by atoms with Crippen molar-refractivity contribution in [3.63, 3.8) is 0 Å². The number of halogens is 2. The number of nitro benzene ring substituents is 1. The Kier molecular flexibility index (Phi) is 9.68. The second-order valence-corrected chi connectivity index (χ2v) is 4.86. The summed E-state index contributed by atoms with van der Waals surface area (Å²) >= 11 is 6.00. The zero-order valence-electron chi connectivity index (χ0n) is 12.4. The molecule has 0 fully saturated rings. The van der Waals surface area contributed by atoms with Crippen LogP contribution in [0.1, 0.15) is 5.56 Å². The van der Waals surface area contributed by atoms with Crippen LogP contribution in [0.5, 0.6) is 0 Å². The van der Waals surface area contributed by atoms with Crippen LogP contribution < -0.4 is 5.32 Å². The Morgan fingerprint density at radius 1 is 1.50 bits per heavy atom. The molecule has 9 heteroatoms. The normalized spacial score (nSPS) is 9.95. The van der Waals surface area contributed by atoms with Gasteiger partial charge < -0.3 is 15.0 Å². The first kappa shape index (κ1) is 20.6. The van der Waals surface area contributed by atoms with Gasteiger partial charge in [-0.3, -0.25) is 14.9 Å². The number of carbonyl (C=O) groups excluding carboxylic acids is 1. The van der Waals surface area contributed by atoms with Gasteiger partial charge in [-0.1, -0.05) is 11.6 Å². The topological polar surface area (TPSA) is 84.7 Å². The molecule has 1 rings (SSSR count). The maximum Gasteiger partial charge on any atom is 0.269 e. The highest BCUT2D eigenvalue weighted by molar-refractivity contribution is 6.31. The molecule has 0 aliphatic rings. The summed E-state index contributed by atoms with van der Waals surface area (Å²) in [5, 5.41) is 14.1. The Morgan fingerprint density at radius 2 is 2.18 bits per heavy atom. The summed E-state index contributed by atoms with van der Waals surface area (Å²) in [4.78, 5) is 23.6. The summed E-state index contributed by atoms with van der Waals surface area (Å²) in [5.74, 6) is -0.131. The van der Waals surface area contributed by atoms with Crippen LogP contribution in [0, 0.1) is 10.1 Å². The molecule has 1 amide bonds. The summed E-state index contributed by atoms with van der Waals surface area (Å²) in [6.45, 7) is 1.49. The van der Waals surface area contributed by atoms with Crippen molar-refractivity contribution in [2.75, 3.05) is 33.9 Å². The maximum atomic E-state index is 11.9. The van der Waals surface area contributed by atoms with Gasteiger partial charge in [0.25, 0.3) is 5.69 Å². The van der Waals surface area contributed by atoms with Crippen molar-refractivity contribution < 1.29 is 14.5 Å². The molecular formula is C13H19Cl2N3O4. The number of nitrogens with one attached hydrogen (secondary N) is 1. The molecule has 0 aliphatic carbocycles. The zero-order valence-corrected chi connectivity index (χ0v) is 13.9. The number of ether oxygens (including phenoxy) is 1. The molecule has 0 bridgehead atoms. The van der Waals surface area contributed by atoms with E-state index in [0.29, 0.717) is 23.7 Å². The fraction of sp³-hybridized carbons (Fsp3) is 0.462. The van der Waals surface area contributed by atoms with Gasteiger partial charge in [0.05, 0.1) is 18.1 Å². The number of amides is 1. The van der Waals surface area contributed by atoms with E-state index in [1.165, 1.54) is 23.1 Å². The molecule has 0 aliphatic heterocycles. The van der Waals surface area contributed by atoms with Crippen molar-refractivity contribution in [2.24, 2.45) is 0 Å². The fourth-order valence-corrected chi connectivity index (χ4v) is 1.82. The molecule has 0 atom stereocenters. The number of carbonyl (C=O) groups is 1. The molecule has 7 nitrogen and oxygen atoms in total. The summed E-state index contributed by atoms with van der Waals surface area (Å²) in [6, 6.07) is 4.18. The quantitative estimate of drug-likeness (QED) is 0.439. The van der Waals surface area contributed by atoms with Crippen molar-refractivity contribution in [1.82, 2.24) is 10.2 Å². The van der Waals surface area contributed by atoms with Gasteiger partial charge in [0, 0.05) is 44.4 Å². The van der Waals surface area contributed by atoms with E-state index < -0.39 is 4.92 Å². The molecule has 0 aromatic heterocycles. The van der Waals surface area contributed by atoms with E-state index in [-0.39, 0.29) is 37.1 Å². The standard InChI is InChI=1S/C13H18ClN3O4.ClH/c1-16(13(18)8-15-5-6-21-2)9-10-7-11(17(19)20)3-4-12(10)14;/h3-4,7,15H,5-6,8-9H2,1-2H3;1H. The fourth-order valence-electron chi connectivity index (χ4n) is 1.64. The van der Waals surface area contributed by atoms with Crippen LogP contribution in [-0.2, 0) is 16.1 Å². The van der Waals surface area contributed by atoms with Crippen LogP contribution in [0.4, 0.5) is 5.69 Å². The first-order chi connectivity index (χ1) is 9.95. The predicted octanol–water partition coefficient (Wildman–Crippen LogP) is 1.86. The van der Waals surface area contributed by atoms with Crippen LogP contribution in [0.3, 0.4) is 0 Å². The number of nitro groups is 1. The second kappa shape index (κ2) is 10.3. The van der Waals surface area contributed by atoms with E-state index in [4.69, 9.17) is 16.3 Å². The van der Waals surface area contributed by atoms with Crippen molar-refractivity contribution in [3.05, 3.63) is 38.9 Å². The van der Waals surface area contributed by atoms with Crippen LogP contribution in [0.25, 0.3) is 0 Å². The van der Waals surface area contributed by atoms with Crippen LogP contribution in [0.15, 0.2) is 18.2 Å². The highest BCUT2D eigenvalue weighted by Crippen LogP contribution is 2.23. The Labute approximate surface area is 140 Å². The third-order valence-corrected chi connectivity index (χ3v) is 3.20. The summed E-state index contributed by atoms with van der Waals surface area (Å²) in [6.07, 6.45) is 0. The van der Waals surface area contributed by atoms with Crippen LogP contribution >= 0.6 is 24.0 Å². The van der Waals surface area contributed by atoms with E-state index in [9.17, 15) is 14.9 Å². The molecule has 0 heterocycles. The smallest absolute Gasteiger partial charge is 0.269 e. The third kappa shape index (κ3) is 6.57. The number of methoxy groups -OCH3 is 1. The van der Waals surface area contributed by atoms with Crippen molar-refractivity contribution in [2.45, 2.75) is 6.54 Å². The zero-order chi connectivity index (χ0) is 15.8. The third-order valence-electron chi connectivity index (χ3n) is 2.83. The maximum absolute atomic E-state index is 11.9. The largest absolute Gasteiger partial charge is 0.383 e. The number of nitrogens with zero attached hydrogens (tertiary/aromatic N) is 2. The second-order valence-electron chi connectivity index (χ2n) is 4.45. The lowest BCUT2D eigenvalue weighted by molar-refractivity contribution is -0.384. The number of rotatable bonds is 8. The van der Waals surface area contributed by atoms with Crippen LogP contribution in [-0.4, -0.2) is 49.6 Å². The summed E-state index contributed by atoms with van der Waals surface area (Å²) < 4.78 is 4.86. The minimum absolute atomic E-state index is 0. The average Bonchev–Trinajstić information content (AvgIpc) is 2.45. The monoisotopic (exact) mass is 351 g/mol. The highest BCUT2D eigenvalue weighted by Gasteiger charge is 2.14. The molecular weight excluding hydrogens is 333 g/mol. The first-order valence-electron chi connectivity index (χ1n) is 6.32. The number of non-ortho nitro benzene ring substituents is 1. The van der Waals surface area contributed by atoms with Gasteiger partial charge >= 0.3 is 0 Å². The number of likely N-dealkylation sites (N-methyl/N-ethyl adjacent to an activating group) is 1. The molecule has 0 saturated heterocycles. The minimum atomic E-state index is -0.492. The average molecular weight is 352 g/mol. The van der Waals surface area contributed by atoms with Crippen molar-refractivity contribution in [3.8, 4) is 0 Å². The van der Waals surface area contributed by atoms with Crippen molar-refractivity contribution in [1.29, 1.82) is 0 Å². The van der Waals surface area contributed by atoms with Gasteiger partial charge in [0.15, 0.2) is 0 Å². The summed E-state index contributed by atoms with van der Waals surface area (Å²) in [7, 11) is 3.20. The molecule has 124 valence electrons. The lowest BCUT2D eigenvalue weighted by atomic mass is 10.2. The van der Waals surface area contributed by atoms with Gasteiger partial charge in [-0.25, -0.2) is 0 Å². The molecule has 1 N–H and O–H groups in total. The number of hydrogen-bond acceptors (Lipinski definition) is 5. The molecule has 0 spiro atoms. The highest BCUT2D eigenvalue weighted by atomic mass is 35.5. The van der Waals surface area contributed by atoms with Gasteiger partial charge in [-0.2, -0.15) is 0 Å². The Morgan fingerprint density at radius 3 is 2.77 bits per heavy atom. The van der Waals surface area contributed by atoms with Gasteiger partial charge in [0.1, 0.15) is 0 Å². The lowest BCUT2D eigenvalue weighted by Crippen LogP contribution is -2.36. The predicted molar refractivity (Wildman–Crippen MR) is 86.6 cm³/mol. The molecule has 1 aromatic rings. The van der Waals surface area contributed by atoms with Gasteiger partial charge in [0.2, 0.25) is 5.91 Å². The molecule has 22 heavy (non-hydrogen) atoms. The summed E-state index contributed by atoms with van der Waals surface area (Å²) in [5.41, 5.74) is 0.493. The van der Waals surface area contributed by atoms with Crippen LogP contribution in [0.2, 0.25) is 5.02 Å². The number of hydrogen-bond donors (Lipinski definition) is 1. The van der Waals surface area contributed by atoms with Crippen molar-refractivity contribution >= 4 is 35.6 Å². The molecule has 1 aromatic carbocycles. The van der Waals surface area contributed by atoms with E-state index in [2.05, 4.69) is 5.32 Å². The molecule has 0 unspecified atom stereocenters. The minimum Gasteiger partial charge on any atom is -0.383 e. The Hall–Kier alpha value is -1.41. The van der Waals surface area contributed by atoms with E-state index in [0.717, 1.165) is 0 Å². The van der Waals surface area contributed by atoms with E-state index in [1.54, 1.807) is 14.2 Å².